The minimum atomic E-state index is -0.108. The number of nitrogens with one attached hydrogen (secondary N) is 2. The van der Waals surface area contributed by atoms with Crippen molar-refractivity contribution >= 4 is 29.9 Å². The Hall–Kier alpha value is -1.75. The zero-order valence-corrected chi connectivity index (χ0v) is 20.2. The van der Waals surface area contributed by atoms with E-state index >= 15 is 0 Å². The molecule has 2 N–H and O–H groups in total. The van der Waals surface area contributed by atoms with E-state index in [9.17, 15) is 4.39 Å². The molecular formula is C21H33FIN7. The van der Waals surface area contributed by atoms with E-state index in [0.29, 0.717) is 12.5 Å². The summed E-state index contributed by atoms with van der Waals surface area (Å²) in [7, 11) is 1.79. The smallest absolute Gasteiger partial charge is 0.191 e. The molecule has 0 amide bonds. The maximum absolute atomic E-state index is 13.8. The highest BCUT2D eigenvalue weighted by atomic mass is 127. The van der Waals surface area contributed by atoms with E-state index in [1.807, 2.05) is 12.1 Å². The molecule has 0 saturated carbocycles. The van der Waals surface area contributed by atoms with Gasteiger partial charge in [-0.05, 0) is 37.9 Å². The molecule has 0 spiro atoms. The highest BCUT2D eigenvalue weighted by Crippen LogP contribution is 2.19. The van der Waals surface area contributed by atoms with Crippen LogP contribution < -0.4 is 10.6 Å². The van der Waals surface area contributed by atoms with Gasteiger partial charge in [0.15, 0.2) is 5.96 Å². The number of nitrogens with zero attached hydrogens (tertiary/aromatic N) is 5. The molecule has 0 unspecified atom stereocenters. The number of benzene rings is 1. The van der Waals surface area contributed by atoms with E-state index in [-0.39, 0.29) is 29.8 Å². The molecule has 0 radical (unpaired) electrons. The van der Waals surface area contributed by atoms with Crippen molar-refractivity contribution in [3.63, 3.8) is 0 Å². The van der Waals surface area contributed by atoms with Gasteiger partial charge in [0.1, 0.15) is 18.0 Å². The summed E-state index contributed by atoms with van der Waals surface area (Å²) >= 11 is 0. The Morgan fingerprint density at radius 3 is 2.70 bits per heavy atom. The first-order valence-corrected chi connectivity index (χ1v) is 10.5. The van der Waals surface area contributed by atoms with Gasteiger partial charge < -0.3 is 15.2 Å². The Morgan fingerprint density at radius 2 is 2.00 bits per heavy atom. The molecule has 166 valence electrons. The van der Waals surface area contributed by atoms with E-state index in [1.54, 1.807) is 19.4 Å². The first kappa shape index (κ1) is 24.5. The molecule has 0 aliphatic carbocycles. The quantitative estimate of drug-likeness (QED) is 0.313. The summed E-state index contributed by atoms with van der Waals surface area (Å²) in [6, 6.07) is 7.06. The number of aliphatic imine (C=N–C) groups is 1. The van der Waals surface area contributed by atoms with E-state index in [2.05, 4.69) is 42.2 Å². The van der Waals surface area contributed by atoms with E-state index in [0.717, 1.165) is 69.3 Å². The van der Waals surface area contributed by atoms with Gasteiger partial charge in [-0.3, -0.25) is 9.89 Å². The lowest BCUT2D eigenvalue weighted by Gasteiger charge is -2.32. The second-order valence-corrected chi connectivity index (χ2v) is 7.48. The van der Waals surface area contributed by atoms with Crippen molar-refractivity contribution in [2.75, 3.05) is 33.2 Å². The number of hydrogen-bond donors (Lipinski definition) is 2. The van der Waals surface area contributed by atoms with Crippen LogP contribution in [0.4, 0.5) is 4.39 Å². The molecule has 1 aromatic heterocycles. The third-order valence-electron chi connectivity index (χ3n) is 5.50. The van der Waals surface area contributed by atoms with Crippen LogP contribution in [0.2, 0.25) is 0 Å². The van der Waals surface area contributed by atoms with Crippen molar-refractivity contribution in [1.82, 2.24) is 30.3 Å². The summed E-state index contributed by atoms with van der Waals surface area (Å²) in [4.78, 5) is 6.66. The fourth-order valence-electron chi connectivity index (χ4n) is 3.71. The van der Waals surface area contributed by atoms with Gasteiger partial charge in [-0.1, -0.05) is 25.1 Å². The van der Waals surface area contributed by atoms with Crippen LogP contribution in [-0.4, -0.2) is 58.9 Å². The highest BCUT2D eigenvalue weighted by molar-refractivity contribution is 14.0. The minimum Gasteiger partial charge on any atom is -0.356 e. The molecule has 1 aliphatic rings. The van der Waals surface area contributed by atoms with Crippen LogP contribution in [0.25, 0.3) is 0 Å². The lowest BCUT2D eigenvalue weighted by atomic mass is 9.96. The van der Waals surface area contributed by atoms with Crippen molar-refractivity contribution in [3.8, 4) is 0 Å². The predicted octanol–water partition coefficient (Wildman–Crippen LogP) is 2.67. The van der Waals surface area contributed by atoms with Gasteiger partial charge in [0.05, 0.1) is 0 Å². The van der Waals surface area contributed by atoms with Crippen LogP contribution in [0.15, 0.2) is 35.6 Å². The lowest BCUT2D eigenvalue weighted by molar-refractivity contribution is 0.176. The Labute approximate surface area is 195 Å². The number of piperidine rings is 1. The topological polar surface area (TPSA) is 70.4 Å². The summed E-state index contributed by atoms with van der Waals surface area (Å²) in [5.41, 5.74) is 0.785. The predicted molar refractivity (Wildman–Crippen MR) is 129 cm³/mol. The van der Waals surface area contributed by atoms with Gasteiger partial charge in [0.2, 0.25) is 0 Å². The first-order chi connectivity index (χ1) is 14.2. The van der Waals surface area contributed by atoms with Crippen LogP contribution in [0.5, 0.6) is 0 Å². The van der Waals surface area contributed by atoms with Crippen LogP contribution >= 0.6 is 24.0 Å². The van der Waals surface area contributed by atoms with Crippen LogP contribution in [0.3, 0.4) is 0 Å². The van der Waals surface area contributed by atoms with Crippen molar-refractivity contribution < 1.29 is 4.39 Å². The number of hydrogen-bond acceptors (Lipinski definition) is 4. The third kappa shape index (κ3) is 7.19. The van der Waals surface area contributed by atoms with Crippen LogP contribution in [0, 0.1) is 11.7 Å². The SMILES string of the molecule is CCc1nncn1CCNC(=NC)NCC1CCN(Cc2ccccc2F)CC1.I. The van der Waals surface area contributed by atoms with E-state index in [1.165, 1.54) is 6.07 Å². The van der Waals surface area contributed by atoms with Gasteiger partial charge in [-0.25, -0.2) is 4.39 Å². The average Bonchev–Trinajstić information content (AvgIpc) is 3.21. The van der Waals surface area contributed by atoms with Crippen LogP contribution in [-0.2, 0) is 19.5 Å². The Kier molecular flexibility index (Phi) is 10.5. The van der Waals surface area contributed by atoms with Gasteiger partial charge >= 0.3 is 0 Å². The van der Waals surface area contributed by atoms with Gasteiger partial charge in [-0.15, -0.1) is 34.2 Å². The largest absolute Gasteiger partial charge is 0.356 e. The number of rotatable bonds is 8. The summed E-state index contributed by atoms with van der Waals surface area (Å²) in [5.74, 6) is 2.32. The summed E-state index contributed by atoms with van der Waals surface area (Å²) in [6.45, 7) is 7.26. The zero-order valence-electron chi connectivity index (χ0n) is 17.9. The molecule has 2 heterocycles. The van der Waals surface area contributed by atoms with Crippen molar-refractivity contribution in [1.29, 1.82) is 0 Å². The molecule has 30 heavy (non-hydrogen) atoms. The monoisotopic (exact) mass is 529 g/mol. The second-order valence-electron chi connectivity index (χ2n) is 7.48. The molecule has 9 heteroatoms. The third-order valence-corrected chi connectivity index (χ3v) is 5.50. The van der Waals surface area contributed by atoms with Crippen molar-refractivity contribution in [2.24, 2.45) is 10.9 Å². The molecule has 1 saturated heterocycles. The maximum atomic E-state index is 13.8. The maximum Gasteiger partial charge on any atom is 0.191 e. The molecule has 0 bridgehead atoms. The standard InChI is InChI=1S/C21H32FN7.HI/c1-3-20-27-26-16-29(20)13-10-24-21(23-2)25-14-17-8-11-28(12-9-17)15-18-6-4-5-7-19(18)22;/h4-7,16-17H,3,8-15H2,1-2H3,(H2,23,24,25);1H. The van der Waals surface area contributed by atoms with Gasteiger partial charge in [-0.2, -0.15) is 0 Å². The molecule has 2 aromatic rings. The average molecular weight is 529 g/mol. The number of guanidine groups is 1. The molecule has 1 aliphatic heterocycles. The Morgan fingerprint density at radius 1 is 1.23 bits per heavy atom. The molecule has 3 rings (SSSR count). The number of halogens is 2. The Bertz CT molecular complexity index is 787. The van der Waals surface area contributed by atoms with Crippen molar-refractivity contribution in [3.05, 3.63) is 47.8 Å². The fourth-order valence-corrected chi connectivity index (χ4v) is 3.71. The van der Waals surface area contributed by atoms with Crippen molar-refractivity contribution in [2.45, 2.75) is 39.3 Å². The normalized spacial score (nSPS) is 15.6. The molecule has 1 aromatic carbocycles. The molecule has 1 fully saturated rings. The molecule has 0 atom stereocenters. The summed E-state index contributed by atoms with van der Waals surface area (Å²) < 4.78 is 15.9. The molecular weight excluding hydrogens is 496 g/mol. The fraction of sp³-hybridized carbons (Fsp3) is 0.571. The molecule has 7 nitrogen and oxygen atoms in total. The van der Waals surface area contributed by atoms with E-state index in [4.69, 9.17) is 0 Å². The Balaban J connectivity index is 0.00000320. The van der Waals surface area contributed by atoms with Gasteiger partial charge in [0, 0.05) is 45.2 Å². The number of aromatic nitrogens is 3. The minimum absolute atomic E-state index is 0. The lowest BCUT2D eigenvalue weighted by Crippen LogP contribution is -2.43. The van der Waals surface area contributed by atoms with Gasteiger partial charge in [0.25, 0.3) is 0 Å². The summed E-state index contributed by atoms with van der Waals surface area (Å²) in [5, 5.41) is 14.9. The summed E-state index contributed by atoms with van der Waals surface area (Å²) in [6.07, 6.45) is 4.87. The number of likely N-dealkylation sites (tertiary alicyclic amines) is 1. The number of aryl methyl sites for hydroxylation is 1. The first-order valence-electron chi connectivity index (χ1n) is 10.5. The zero-order chi connectivity index (χ0) is 20.5. The highest BCUT2D eigenvalue weighted by Gasteiger charge is 2.20. The van der Waals surface area contributed by atoms with E-state index < -0.39 is 0 Å². The van der Waals surface area contributed by atoms with Crippen LogP contribution in [0.1, 0.15) is 31.2 Å². The second kappa shape index (κ2) is 12.8.